The maximum absolute atomic E-state index is 11.9. The minimum atomic E-state index is -1.30. The molecule has 0 unspecified atom stereocenters. The molecule has 36 heavy (non-hydrogen) atoms. The summed E-state index contributed by atoms with van der Waals surface area (Å²) in [5.41, 5.74) is 1.00. The monoisotopic (exact) mass is 502 g/mol. The Kier molecular flexibility index (Phi) is 6.55. The van der Waals surface area contributed by atoms with Crippen LogP contribution >= 0.6 is 0 Å². The van der Waals surface area contributed by atoms with Gasteiger partial charge in [0.2, 0.25) is 5.79 Å². The molecule has 2 bridgehead atoms. The first-order valence-electron chi connectivity index (χ1n) is 14.1. The van der Waals surface area contributed by atoms with Gasteiger partial charge < -0.3 is 24.1 Å². The number of hydrogen-bond donors (Lipinski definition) is 1. The molecule has 6 heteroatoms. The number of fused-ring (bicyclic) bond motifs is 2. The molecule has 0 aromatic rings. The molecule has 5 heterocycles. The average molecular weight is 503 g/mol. The maximum Gasteiger partial charge on any atom is 0.333 e. The maximum atomic E-state index is 11.9. The molecule has 1 N–H and O–H groups in total. The predicted octanol–water partition coefficient (Wildman–Crippen LogP) is 5.83. The largest absolute Gasteiger partial charge is 0.462 e. The van der Waals surface area contributed by atoms with Crippen LogP contribution in [0.25, 0.3) is 0 Å². The number of rotatable bonds is 5. The van der Waals surface area contributed by atoms with Gasteiger partial charge in [0, 0.05) is 24.8 Å². The average Bonchev–Trinajstić information content (AvgIpc) is 3.20. The second-order valence-electron chi connectivity index (χ2n) is 13.4. The second kappa shape index (κ2) is 8.93. The van der Waals surface area contributed by atoms with Crippen molar-refractivity contribution in [1.29, 1.82) is 0 Å². The minimum Gasteiger partial charge on any atom is -0.462 e. The van der Waals surface area contributed by atoms with E-state index in [1.54, 1.807) is 0 Å². The molecule has 6 atom stereocenters. The van der Waals surface area contributed by atoms with Crippen LogP contribution < -0.4 is 0 Å². The number of hydrogen-bond acceptors (Lipinski definition) is 6. The van der Waals surface area contributed by atoms with Crippen LogP contribution in [0.15, 0.2) is 23.8 Å². The number of ether oxygens (including phenoxy) is 4. The quantitative estimate of drug-likeness (QED) is 0.290. The van der Waals surface area contributed by atoms with Gasteiger partial charge in [-0.3, -0.25) is 0 Å². The molecular weight excluding hydrogens is 456 g/mol. The van der Waals surface area contributed by atoms with E-state index < -0.39 is 22.8 Å². The Morgan fingerprint density at radius 3 is 2.44 bits per heavy atom. The minimum absolute atomic E-state index is 0.132. The molecule has 0 aromatic heterocycles. The zero-order chi connectivity index (χ0) is 26.0. The Morgan fingerprint density at radius 2 is 1.81 bits per heavy atom. The van der Waals surface area contributed by atoms with Crippen LogP contribution in [0, 0.1) is 23.2 Å². The number of esters is 1. The molecule has 0 aromatic carbocycles. The van der Waals surface area contributed by atoms with Crippen LogP contribution in [-0.2, 0) is 23.7 Å². The van der Waals surface area contributed by atoms with Crippen molar-refractivity contribution in [1.82, 2.24) is 0 Å². The lowest BCUT2D eigenvalue weighted by molar-refractivity contribution is -0.522. The van der Waals surface area contributed by atoms with Gasteiger partial charge in [-0.15, -0.1) is 0 Å². The second-order valence-corrected chi connectivity index (χ2v) is 13.4. The molecule has 5 aliphatic heterocycles. The smallest absolute Gasteiger partial charge is 0.333 e. The molecule has 1 saturated carbocycles. The summed E-state index contributed by atoms with van der Waals surface area (Å²) in [4.78, 5) is 11.9. The van der Waals surface area contributed by atoms with Gasteiger partial charge in [0.25, 0.3) is 0 Å². The van der Waals surface area contributed by atoms with Gasteiger partial charge in [-0.05, 0) is 88.9 Å². The first-order chi connectivity index (χ1) is 16.8. The summed E-state index contributed by atoms with van der Waals surface area (Å²) >= 11 is 0. The van der Waals surface area contributed by atoms with Gasteiger partial charge in [-0.2, -0.15) is 0 Å². The molecule has 202 valence electrons. The summed E-state index contributed by atoms with van der Waals surface area (Å²) in [6, 6.07) is 0. The summed E-state index contributed by atoms with van der Waals surface area (Å²) in [5, 5.41) is 11.2. The molecule has 5 saturated heterocycles. The van der Waals surface area contributed by atoms with E-state index in [2.05, 4.69) is 33.4 Å². The topological polar surface area (TPSA) is 74.2 Å². The molecule has 6 nitrogen and oxygen atoms in total. The molecule has 1 spiro atoms. The van der Waals surface area contributed by atoms with Crippen molar-refractivity contribution in [2.45, 2.75) is 122 Å². The van der Waals surface area contributed by atoms with Crippen molar-refractivity contribution in [3.63, 3.8) is 0 Å². The van der Waals surface area contributed by atoms with Crippen molar-refractivity contribution >= 4 is 5.97 Å². The van der Waals surface area contributed by atoms with E-state index in [1.807, 2.05) is 13.8 Å². The summed E-state index contributed by atoms with van der Waals surface area (Å²) < 4.78 is 24.4. The molecule has 6 fully saturated rings. The Balaban J connectivity index is 1.18. The molecule has 6 aliphatic rings. The first kappa shape index (κ1) is 26.4. The van der Waals surface area contributed by atoms with E-state index in [-0.39, 0.29) is 11.4 Å². The van der Waals surface area contributed by atoms with Crippen LogP contribution in [0.4, 0.5) is 0 Å². The normalized spacial score (nSPS) is 44.8. The van der Waals surface area contributed by atoms with Gasteiger partial charge >= 0.3 is 5.97 Å². The third kappa shape index (κ3) is 4.20. The lowest BCUT2D eigenvalue weighted by Crippen LogP contribution is -2.78. The summed E-state index contributed by atoms with van der Waals surface area (Å²) in [5.74, 6) is -0.816. The van der Waals surface area contributed by atoms with Gasteiger partial charge in [-0.25, -0.2) is 4.79 Å². The Bertz CT molecular complexity index is 926. The number of cyclic esters (lactones) is 1. The van der Waals surface area contributed by atoms with Gasteiger partial charge in [0.15, 0.2) is 5.79 Å². The molecule has 0 radical (unpaired) electrons. The van der Waals surface area contributed by atoms with Crippen molar-refractivity contribution in [2.24, 2.45) is 23.2 Å². The third-order valence-corrected chi connectivity index (χ3v) is 10.6. The zero-order valence-electron chi connectivity index (χ0n) is 23.0. The summed E-state index contributed by atoms with van der Waals surface area (Å²) in [7, 11) is 0. The highest BCUT2D eigenvalue weighted by atomic mass is 16.8. The Hall–Kier alpha value is -1.21. The van der Waals surface area contributed by atoms with Crippen LogP contribution in [0.3, 0.4) is 0 Å². The van der Waals surface area contributed by atoms with Gasteiger partial charge in [-0.1, -0.05) is 32.1 Å². The fourth-order valence-corrected chi connectivity index (χ4v) is 7.79. The van der Waals surface area contributed by atoms with Crippen LogP contribution in [-0.4, -0.2) is 47.1 Å². The van der Waals surface area contributed by atoms with E-state index in [4.69, 9.17) is 18.9 Å². The first-order valence-corrected chi connectivity index (χ1v) is 14.1. The van der Waals surface area contributed by atoms with E-state index >= 15 is 0 Å². The van der Waals surface area contributed by atoms with Crippen LogP contribution in [0.2, 0.25) is 0 Å². The van der Waals surface area contributed by atoms with Crippen LogP contribution in [0.5, 0.6) is 0 Å². The molecule has 0 amide bonds. The van der Waals surface area contributed by atoms with Crippen molar-refractivity contribution in [3.8, 4) is 0 Å². The molecular formula is C30H46O6. The fraction of sp³-hybridized carbons (Fsp3) is 0.833. The third-order valence-electron chi connectivity index (χ3n) is 10.6. The summed E-state index contributed by atoms with van der Waals surface area (Å²) in [6.45, 7) is 16.3. The fourth-order valence-electron chi connectivity index (χ4n) is 7.79. The number of allylic oxidation sites excluding steroid dienone is 2. The highest BCUT2D eigenvalue weighted by Crippen LogP contribution is 2.59. The van der Waals surface area contributed by atoms with E-state index in [1.165, 1.54) is 18.4 Å². The van der Waals surface area contributed by atoms with E-state index in [9.17, 15) is 9.90 Å². The predicted molar refractivity (Wildman–Crippen MR) is 137 cm³/mol. The van der Waals surface area contributed by atoms with Gasteiger partial charge in [0.05, 0.1) is 13.2 Å². The highest BCUT2D eigenvalue weighted by molar-refractivity contribution is 5.90. The molecule has 1 aliphatic carbocycles. The van der Waals surface area contributed by atoms with Crippen molar-refractivity contribution < 1.29 is 28.8 Å². The lowest BCUT2D eigenvalue weighted by Gasteiger charge is -2.66. The van der Waals surface area contributed by atoms with Crippen molar-refractivity contribution in [3.05, 3.63) is 23.8 Å². The number of aliphatic hydroxyl groups is 1. The zero-order valence-corrected chi connectivity index (χ0v) is 23.0. The number of carbonyl (C=O) groups excluding carboxylic acids is 1. The molecule has 6 rings (SSSR count). The SMILES string of the molecule is C=C1CC[C@H](CC[C@H]2CC[C@]3(OC2)O[C@@]2(O)CC[C@]3(C)OC2(C)C)C(C)(C)[C@H]1C/C=C1/CCOC1=O. The van der Waals surface area contributed by atoms with Crippen molar-refractivity contribution in [2.75, 3.05) is 13.2 Å². The van der Waals surface area contributed by atoms with E-state index in [0.717, 1.165) is 50.5 Å². The Labute approximate surface area is 216 Å². The van der Waals surface area contributed by atoms with Gasteiger partial charge in [0.1, 0.15) is 11.2 Å². The summed E-state index contributed by atoms with van der Waals surface area (Å²) in [6.07, 6.45) is 11.3. The van der Waals surface area contributed by atoms with Crippen LogP contribution in [0.1, 0.15) is 98.8 Å². The lowest BCUT2D eigenvalue weighted by atomic mass is 9.58. The standard InChI is InChI=1S/C30H46O6/c1-20-7-10-23(26(2,3)24(20)12-9-22-14-18-33-25(22)31)11-8-21-13-15-30(34-19-21)28(6)16-17-29(32,36-30)27(4,5)35-28/h9,21,23-24,32H,1,7-8,10-19H2,2-6H3/b22-9-/t21-,23+,24-,28-,29-,30-/m0/s1. The Morgan fingerprint density at radius 1 is 1.03 bits per heavy atom. The number of carbonyl (C=O) groups is 1. The van der Waals surface area contributed by atoms with E-state index in [0.29, 0.717) is 37.4 Å². The highest BCUT2D eigenvalue weighted by Gasteiger charge is 2.71.